The van der Waals surface area contributed by atoms with E-state index in [9.17, 15) is 5.21 Å². The lowest BCUT2D eigenvalue weighted by molar-refractivity contribution is 0.0610. The summed E-state index contributed by atoms with van der Waals surface area (Å²) in [6.45, 7) is 4.16. The summed E-state index contributed by atoms with van der Waals surface area (Å²) in [4.78, 5) is 8.52. The van der Waals surface area contributed by atoms with Crippen LogP contribution in [0, 0.1) is 0 Å². The highest BCUT2D eigenvalue weighted by molar-refractivity contribution is 6.04. The summed E-state index contributed by atoms with van der Waals surface area (Å²) in [5.41, 5.74) is 2.53. The quantitative estimate of drug-likeness (QED) is 0.547. The Bertz CT molecular complexity index is 978. The van der Waals surface area contributed by atoms with E-state index in [1.54, 1.807) is 12.4 Å². The Morgan fingerprint density at radius 2 is 2.04 bits per heavy atom. The van der Waals surface area contributed by atoms with E-state index in [4.69, 9.17) is 9.26 Å². The zero-order valence-corrected chi connectivity index (χ0v) is 15.2. The zero-order chi connectivity index (χ0) is 18.9. The minimum absolute atomic E-state index is 0.339. The summed E-state index contributed by atoms with van der Waals surface area (Å²) < 4.78 is 11.7. The largest absolute Gasteiger partial charge is 0.486 e. The molecule has 27 heavy (non-hydrogen) atoms. The molecular formula is C20H20N4O3. The fourth-order valence-corrected chi connectivity index (χ4v) is 3.33. The van der Waals surface area contributed by atoms with Gasteiger partial charge in [-0.05, 0) is 43.2 Å². The monoisotopic (exact) mass is 364 g/mol. The van der Waals surface area contributed by atoms with E-state index in [2.05, 4.69) is 34.1 Å². The Hall–Kier alpha value is -3.22. The van der Waals surface area contributed by atoms with Gasteiger partial charge < -0.3 is 14.5 Å². The van der Waals surface area contributed by atoms with Crippen molar-refractivity contribution in [2.75, 3.05) is 0 Å². The van der Waals surface area contributed by atoms with Crippen molar-refractivity contribution in [3.05, 3.63) is 48.3 Å². The minimum Gasteiger partial charge on any atom is -0.486 e. The van der Waals surface area contributed by atoms with E-state index in [1.807, 2.05) is 30.3 Å². The molecule has 2 aromatic heterocycles. The normalized spacial score (nSPS) is 16.7. The molecule has 1 aromatic carbocycles. The summed E-state index contributed by atoms with van der Waals surface area (Å²) in [5, 5.41) is 17.1. The average Bonchev–Trinajstić information content (AvgIpc) is 3.23. The lowest BCUT2D eigenvalue weighted by Gasteiger charge is -2.37. The molecule has 3 aromatic rings. The van der Waals surface area contributed by atoms with E-state index in [1.165, 1.54) is 0 Å². The van der Waals surface area contributed by atoms with E-state index >= 15 is 0 Å². The molecule has 0 bridgehead atoms. The van der Waals surface area contributed by atoms with Crippen LogP contribution in [0.15, 0.2) is 52.4 Å². The average molecular weight is 364 g/mol. The van der Waals surface area contributed by atoms with Gasteiger partial charge in [-0.15, -0.1) is 0 Å². The molecule has 0 saturated heterocycles. The van der Waals surface area contributed by atoms with Crippen LogP contribution in [0.25, 0.3) is 22.8 Å². The molecule has 138 valence electrons. The lowest BCUT2D eigenvalue weighted by atomic mass is 9.85. The molecule has 0 aliphatic carbocycles. The van der Waals surface area contributed by atoms with Gasteiger partial charge in [0.1, 0.15) is 11.4 Å². The third-order valence-corrected chi connectivity index (χ3v) is 5.11. The van der Waals surface area contributed by atoms with Crippen molar-refractivity contribution >= 4 is 5.71 Å². The molecule has 0 spiro atoms. The molecule has 0 unspecified atom stereocenters. The molecule has 1 aliphatic heterocycles. The first-order chi connectivity index (χ1) is 13.2. The van der Waals surface area contributed by atoms with Crippen LogP contribution in [0.2, 0.25) is 0 Å². The smallest absolute Gasteiger partial charge is 0.258 e. The number of pyridine rings is 1. The van der Waals surface area contributed by atoms with Gasteiger partial charge >= 0.3 is 0 Å². The summed E-state index contributed by atoms with van der Waals surface area (Å²) in [7, 11) is 0. The van der Waals surface area contributed by atoms with E-state index in [0.29, 0.717) is 29.6 Å². The highest BCUT2D eigenvalue weighted by atomic mass is 16.5. The van der Waals surface area contributed by atoms with E-state index < -0.39 is 0 Å². The van der Waals surface area contributed by atoms with Crippen molar-refractivity contribution in [3.63, 3.8) is 0 Å². The van der Waals surface area contributed by atoms with Gasteiger partial charge in [0.2, 0.25) is 5.82 Å². The SMILES string of the molecule is CCC1(CC)C/C(=N\O)c2cc(-c3nc(-c4cccnc4)no3)ccc2O1. The Morgan fingerprint density at radius 1 is 1.19 bits per heavy atom. The molecule has 0 saturated carbocycles. The highest BCUT2D eigenvalue weighted by Crippen LogP contribution is 2.39. The first-order valence-electron chi connectivity index (χ1n) is 8.97. The van der Waals surface area contributed by atoms with Crippen molar-refractivity contribution in [1.29, 1.82) is 0 Å². The summed E-state index contributed by atoms with van der Waals surface area (Å²) in [6, 6.07) is 9.28. The van der Waals surface area contributed by atoms with Gasteiger partial charge in [0.05, 0.1) is 5.71 Å². The van der Waals surface area contributed by atoms with E-state index in [-0.39, 0.29) is 5.60 Å². The summed E-state index contributed by atoms with van der Waals surface area (Å²) in [5.74, 6) is 1.56. The highest BCUT2D eigenvalue weighted by Gasteiger charge is 2.37. The van der Waals surface area contributed by atoms with Crippen molar-refractivity contribution in [2.45, 2.75) is 38.7 Å². The van der Waals surface area contributed by atoms with Crippen LogP contribution in [0.4, 0.5) is 0 Å². The molecule has 0 radical (unpaired) electrons. The van der Waals surface area contributed by atoms with Gasteiger partial charge in [0.15, 0.2) is 0 Å². The molecule has 4 rings (SSSR count). The van der Waals surface area contributed by atoms with E-state index in [0.717, 1.165) is 29.5 Å². The third kappa shape index (κ3) is 3.05. The minimum atomic E-state index is -0.339. The second-order valence-electron chi connectivity index (χ2n) is 6.59. The fraction of sp³-hybridized carbons (Fsp3) is 0.300. The Labute approximate surface area is 156 Å². The fourth-order valence-electron chi connectivity index (χ4n) is 3.33. The number of oxime groups is 1. The molecule has 7 nitrogen and oxygen atoms in total. The Balaban J connectivity index is 1.71. The molecule has 3 heterocycles. The third-order valence-electron chi connectivity index (χ3n) is 5.11. The molecule has 0 atom stereocenters. The molecule has 7 heteroatoms. The number of rotatable bonds is 4. The van der Waals surface area contributed by atoms with Gasteiger partial charge in [-0.25, -0.2) is 0 Å². The van der Waals surface area contributed by atoms with Crippen molar-refractivity contribution in [2.24, 2.45) is 5.16 Å². The standard InChI is InChI=1S/C20H20N4O3/c1-3-20(4-2)11-16(23-25)15-10-13(7-8-17(15)26-20)19-22-18(24-27-19)14-6-5-9-21-12-14/h5-10,12,25H,3-4,11H2,1-2H3/b23-16+. The number of fused-ring (bicyclic) bond motifs is 1. The maximum atomic E-state index is 9.55. The van der Waals surface area contributed by atoms with Crippen LogP contribution in [0.3, 0.4) is 0 Å². The van der Waals surface area contributed by atoms with Crippen molar-refractivity contribution < 1.29 is 14.5 Å². The maximum absolute atomic E-state index is 9.55. The van der Waals surface area contributed by atoms with Crippen LogP contribution in [-0.2, 0) is 0 Å². The van der Waals surface area contributed by atoms with Gasteiger partial charge in [-0.3, -0.25) is 4.98 Å². The predicted molar refractivity (Wildman–Crippen MR) is 99.8 cm³/mol. The van der Waals surface area contributed by atoms with Crippen molar-refractivity contribution in [1.82, 2.24) is 15.1 Å². The van der Waals surface area contributed by atoms with Crippen molar-refractivity contribution in [3.8, 4) is 28.6 Å². The van der Waals surface area contributed by atoms with Gasteiger partial charge in [0.25, 0.3) is 5.89 Å². The van der Waals surface area contributed by atoms with Gasteiger partial charge in [-0.2, -0.15) is 4.98 Å². The zero-order valence-electron chi connectivity index (χ0n) is 15.2. The second kappa shape index (κ2) is 6.83. The number of ether oxygens (including phenoxy) is 1. The number of benzene rings is 1. The van der Waals surface area contributed by atoms with Crippen LogP contribution in [0.5, 0.6) is 5.75 Å². The number of hydrogen-bond donors (Lipinski definition) is 1. The van der Waals surface area contributed by atoms with Gasteiger partial charge in [-0.1, -0.05) is 24.2 Å². The molecular weight excluding hydrogens is 344 g/mol. The van der Waals surface area contributed by atoms with Crippen LogP contribution < -0.4 is 4.74 Å². The van der Waals surface area contributed by atoms with Crippen LogP contribution in [0.1, 0.15) is 38.7 Å². The van der Waals surface area contributed by atoms with Crippen LogP contribution >= 0.6 is 0 Å². The molecule has 1 aliphatic rings. The maximum Gasteiger partial charge on any atom is 0.258 e. The Morgan fingerprint density at radius 3 is 2.74 bits per heavy atom. The molecule has 0 amide bonds. The summed E-state index contributed by atoms with van der Waals surface area (Å²) in [6.07, 6.45) is 5.60. The first-order valence-corrected chi connectivity index (χ1v) is 8.97. The molecule has 0 fully saturated rings. The molecule has 1 N–H and O–H groups in total. The van der Waals surface area contributed by atoms with Gasteiger partial charge in [0, 0.05) is 35.5 Å². The number of hydrogen-bond acceptors (Lipinski definition) is 7. The lowest BCUT2D eigenvalue weighted by Crippen LogP contribution is -2.41. The summed E-state index contributed by atoms with van der Waals surface area (Å²) >= 11 is 0. The number of nitrogens with zero attached hydrogens (tertiary/aromatic N) is 4. The second-order valence-corrected chi connectivity index (χ2v) is 6.59. The van der Waals surface area contributed by atoms with Crippen LogP contribution in [-0.4, -0.2) is 31.6 Å². The first kappa shape index (κ1) is 17.2. The Kier molecular flexibility index (Phi) is 4.35. The number of aromatic nitrogens is 3. The topological polar surface area (TPSA) is 93.6 Å². The predicted octanol–water partition coefficient (Wildman–Crippen LogP) is 4.32.